The minimum Gasteiger partial charge on any atom is -0.330 e. The van der Waals surface area contributed by atoms with Gasteiger partial charge in [-0.15, -0.1) is 0 Å². The normalized spacial score (nSPS) is 34.2. The Bertz CT molecular complexity index is 133. The van der Waals surface area contributed by atoms with E-state index in [9.17, 15) is 0 Å². The van der Waals surface area contributed by atoms with Crippen molar-refractivity contribution in [1.82, 2.24) is 4.90 Å². The summed E-state index contributed by atoms with van der Waals surface area (Å²) in [6, 6.07) is 0.356. The molecule has 9 heavy (non-hydrogen) atoms. The summed E-state index contributed by atoms with van der Waals surface area (Å²) in [6.45, 7) is -0.413. The Morgan fingerprint density at radius 2 is 2.67 bits per heavy atom. The van der Waals surface area contributed by atoms with Crippen LogP contribution in [0.5, 0.6) is 0 Å². The zero-order valence-corrected chi connectivity index (χ0v) is 5.93. The molecule has 1 rings (SSSR count). The van der Waals surface area contributed by atoms with E-state index < -0.39 is 6.50 Å². The van der Waals surface area contributed by atoms with Crippen molar-refractivity contribution in [2.75, 3.05) is 20.1 Å². The van der Waals surface area contributed by atoms with Gasteiger partial charge in [-0.1, -0.05) is 0 Å². The molecule has 0 aromatic carbocycles. The smallest absolute Gasteiger partial charge is 0.0426 e. The van der Waals surface area contributed by atoms with Crippen LogP contribution < -0.4 is 5.73 Å². The van der Waals surface area contributed by atoms with E-state index in [0.717, 1.165) is 13.0 Å². The van der Waals surface area contributed by atoms with Gasteiger partial charge >= 0.3 is 0 Å². The van der Waals surface area contributed by atoms with Crippen LogP contribution in [0.1, 0.15) is 22.0 Å². The van der Waals surface area contributed by atoms with Gasteiger partial charge in [0.1, 0.15) is 0 Å². The van der Waals surface area contributed by atoms with Gasteiger partial charge in [0.25, 0.3) is 0 Å². The molecular formula is C7H16N2. The third kappa shape index (κ3) is 1.66. The Kier molecular flexibility index (Phi) is 1.66. The van der Waals surface area contributed by atoms with Gasteiger partial charge in [0.15, 0.2) is 0 Å². The second-order valence-corrected chi connectivity index (χ2v) is 2.68. The molecule has 1 aliphatic heterocycles. The maximum Gasteiger partial charge on any atom is 0.0426 e. The maximum atomic E-state index is 7.20. The van der Waals surface area contributed by atoms with E-state index in [4.69, 9.17) is 8.48 Å². The first kappa shape index (κ1) is 4.69. The van der Waals surface area contributed by atoms with Crippen molar-refractivity contribution in [3.05, 3.63) is 0 Å². The molecule has 0 spiro atoms. The predicted octanol–water partition coefficient (Wildman–Crippen LogP) is 0.429. The first-order valence-electron chi connectivity index (χ1n) is 4.48. The standard InChI is InChI=1S/C7H16N2/c1-9-6-2-3-7(9)4-5-8/h7H,2-6,8H2,1H3/i5D2. The average Bonchev–Trinajstić information content (AvgIpc) is 2.12. The third-order valence-corrected chi connectivity index (χ3v) is 2.02. The molecule has 2 heteroatoms. The van der Waals surface area contributed by atoms with Crippen LogP contribution in [0, 0.1) is 0 Å². The van der Waals surface area contributed by atoms with Gasteiger partial charge in [0.2, 0.25) is 0 Å². The van der Waals surface area contributed by atoms with E-state index in [1.54, 1.807) is 0 Å². The zero-order chi connectivity index (χ0) is 8.48. The van der Waals surface area contributed by atoms with E-state index in [1.807, 2.05) is 7.05 Å². The highest BCUT2D eigenvalue weighted by molar-refractivity contribution is 4.75. The number of nitrogens with zero attached hydrogens (tertiary/aromatic N) is 1. The Morgan fingerprint density at radius 1 is 1.89 bits per heavy atom. The quantitative estimate of drug-likeness (QED) is 0.587. The topological polar surface area (TPSA) is 29.3 Å². The molecule has 0 aliphatic carbocycles. The van der Waals surface area contributed by atoms with Gasteiger partial charge in [-0.3, -0.25) is 0 Å². The van der Waals surface area contributed by atoms with Gasteiger partial charge < -0.3 is 10.6 Å². The Hall–Kier alpha value is -0.0800. The van der Waals surface area contributed by atoms with Crippen LogP contribution in [0.15, 0.2) is 0 Å². The van der Waals surface area contributed by atoms with Gasteiger partial charge in [0, 0.05) is 8.78 Å². The van der Waals surface area contributed by atoms with Crippen molar-refractivity contribution in [3.8, 4) is 0 Å². The van der Waals surface area contributed by atoms with Crippen molar-refractivity contribution < 1.29 is 2.74 Å². The Labute approximate surface area is 59.8 Å². The second-order valence-electron chi connectivity index (χ2n) is 2.68. The highest BCUT2D eigenvalue weighted by atomic mass is 15.1. The molecule has 0 amide bonds. The Balaban J connectivity index is 2.37. The van der Waals surface area contributed by atoms with E-state index in [2.05, 4.69) is 4.90 Å². The van der Waals surface area contributed by atoms with E-state index in [-0.39, 0.29) is 0 Å². The van der Waals surface area contributed by atoms with E-state index in [0.29, 0.717) is 12.5 Å². The number of likely N-dealkylation sites (tertiary alicyclic amines) is 1. The lowest BCUT2D eigenvalue weighted by atomic mass is 10.1. The minimum atomic E-state index is -1.50. The maximum absolute atomic E-state index is 7.20. The van der Waals surface area contributed by atoms with Crippen LogP contribution in [-0.2, 0) is 0 Å². The van der Waals surface area contributed by atoms with Crippen molar-refractivity contribution in [1.29, 1.82) is 0 Å². The molecule has 0 aromatic heterocycles. The number of rotatable bonds is 2. The first-order valence-corrected chi connectivity index (χ1v) is 3.48. The lowest BCUT2D eigenvalue weighted by Gasteiger charge is -2.17. The van der Waals surface area contributed by atoms with Crippen LogP contribution in [-0.4, -0.2) is 31.0 Å². The summed E-state index contributed by atoms with van der Waals surface area (Å²) >= 11 is 0. The van der Waals surface area contributed by atoms with Crippen molar-refractivity contribution in [2.24, 2.45) is 5.73 Å². The van der Waals surface area contributed by atoms with Crippen molar-refractivity contribution in [2.45, 2.75) is 25.3 Å². The lowest BCUT2D eigenvalue weighted by molar-refractivity contribution is 0.299. The summed E-state index contributed by atoms with van der Waals surface area (Å²) < 4.78 is 14.4. The molecule has 1 atom stereocenters. The van der Waals surface area contributed by atoms with Crippen LogP contribution in [0.25, 0.3) is 0 Å². The van der Waals surface area contributed by atoms with Gasteiger partial charge in [-0.2, -0.15) is 0 Å². The average molecular weight is 130 g/mol. The van der Waals surface area contributed by atoms with Crippen LogP contribution in [0.3, 0.4) is 0 Å². The molecule has 1 saturated heterocycles. The van der Waals surface area contributed by atoms with Crippen molar-refractivity contribution in [3.63, 3.8) is 0 Å². The summed E-state index contributed by atoms with van der Waals surface area (Å²) in [5, 5.41) is 0. The summed E-state index contributed by atoms with van der Waals surface area (Å²) in [7, 11) is 2.03. The van der Waals surface area contributed by atoms with Gasteiger partial charge in [0.05, 0.1) is 0 Å². The molecule has 54 valence electrons. The molecule has 0 bridgehead atoms. The molecule has 1 fully saturated rings. The molecular weight excluding hydrogens is 112 g/mol. The van der Waals surface area contributed by atoms with Crippen molar-refractivity contribution >= 4 is 0 Å². The van der Waals surface area contributed by atoms with Crippen LogP contribution in [0.2, 0.25) is 0 Å². The molecule has 1 aliphatic rings. The monoisotopic (exact) mass is 130 g/mol. The summed E-state index contributed by atoms with van der Waals surface area (Å²) in [6.07, 6.45) is 2.73. The summed E-state index contributed by atoms with van der Waals surface area (Å²) in [4.78, 5) is 2.19. The number of nitrogens with two attached hydrogens (primary N) is 1. The molecule has 0 saturated carbocycles. The van der Waals surface area contributed by atoms with Crippen LogP contribution in [0.4, 0.5) is 0 Å². The zero-order valence-electron chi connectivity index (χ0n) is 7.93. The highest BCUT2D eigenvalue weighted by Crippen LogP contribution is 2.16. The fraction of sp³-hybridized carbons (Fsp3) is 1.00. The number of hydrogen-bond donors (Lipinski definition) is 1. The van der Waals surface area contributed by atoms with Gasteiger partial charge in [-0.05, 0) is 39.4 Å². The fourth-order valence-electron chi connectivity index (χ4n) is 1.37. The largest absolute Gasteiger partial charge is 0.330 e. The molecule has 2 N–H and O–H groups in total. The SMILES string of the molecule is [2H]C([2H])(N)CC1CCCN1C. The minimum absolute atomic E-state index is 0.356. The molecule has 0 radical (unpaired) electrons. The Morgan fingerprint density at radius 3 is 3.11 bits per heavy atom. The lowest BCUT2D eigenvalue weighted by Crippen LogP contribution is -2.27. The predicted molar refractivity (Wildman–Crippen MR) is 39.3 cm³/mol. The van der Waals surface area contributed by atoms with E-state index >= 15 is 0 Å². The third-order valence-electron chi connectivity index (χ3n) is 2.02. The molecule has 1 heterocycles. The van der Waals surface area contributed by atoms with Gasteiger partial charge in [-0.25, -0.2) is 0 Å². The molecule has 2 nitrogen and oxygen atoms in total. The summed E-state index contributed by atoms with van der Waals surface area (Å²) in [5.74, 6) is 0. The van der Waals surface area contributed by atoms with Crippen LogP contribution >= 0.6 is 0 Å². The van der Waals surface area contributed by atoms with E-state index in [1.165, 1.54) is 6.42 Å². The molecule has 0 aromatic rings. The number of hydrogen-bond acceptors (Lipinski definition) is 2. The molecule has 1 unspecified atom stereocenters. The first-order chi connectivity index (χ1) is 4.99. The fourth-order valence-corrected chi connectivity index (χ4v) is 1.37. The second kappa shape index (κ2) is 3.18. The summed E-state index contributed by atoms with van der Waals surface area (Å²) in [5.41, 5.74) is 5.28. The highest BCUT2D eigenvalue weighted by Gasteiger charge is 2.18.